The molecule has 0 bridgehead atoms. The lowest BCUT2D eigenvalue weighted by Gasteiger charge is -2.24. The molecule has 1 aromatic rings. The fourth-order valence-corrected chi connectivity index (χ4v) is 1.78. The van der Waals surface area contributed by atoms with E-state index >= 15 is 0 Å². The third-order valence-electron chi connectivity index (χ3n) is 2.45. The Bertz CT molecular complexity index is 434. The maximum Gasteiger partial charge on any atom is 0.337 e. The summed E-state index contributed by atoms with van der Waals surface area (Å²) in [5.74, 6) is -0.979. The van der Waals surface area contributed by atoms with E-state index in [0.29, 0.717) is 30.4 Å². The van der Waals surface area contributed by atoms with Gasteiger partial charge in [0.1, 0.15) is 0 Å². The Kier molecular flexibility index (Phi) is 5.68. The van der Waals surface area contributed by atoms with Gasteiger partial charge in [0.05, 0.1) is 17.9 Å². The maximum atomic E-state index is 11.2. The highest BCUT2D eigenvalue weighted by Crippen LogP contribution is 2.25. The SMILES string of the molecule is C=CCN(CCOC)c1cc(Cl)ccc1C(=O)O. The molecule has 0 radical (unpaired) electrons. The third kappa shape index (κ3) is 3.75. The highest BCUT2D eigenvalue weighted by atomic mass is 35.5. The Morgan fingerprint density at radius 1 is 1.61 bits per heavy atom. The number of benzene rings is 1. The summed E-state index contributed by atoms with van der Waals surface area (Å²) in [7, 11) is 1.60. The molecule has 0 atom stereocenters. The molecule has 0 spiro atoms. The summed E-state index contributed by atoms with van der Waals surface area (Å²) in [6, 6.07) is 4.71. The van der Waals surface area contributed by atoms with E-state index in [9.17, 15) is 9.90 Å². The number of carbonyl (C=O) groups is 1. The van der Waals surface area contributed by atoms with Crippen LogP contribution in [0.25, 0.3) is 0 Å². The summed E-state index contributed by atoms with van der Waals surface area (Å²) in [5.41, 5.74) is 0.796. The summed E-state index contributed by atoms with van der Waals surface area (Å²) in [6.45, 7) is 5.27. The Morgan fingerprint density at radius 3 is 2.89 bits per heavy atom. The van der Waals surface area contributed by atoms with Crippen LogP contribution >= 0.6 is 11.6 Å². The first-order chi connectivity index (χ1) is 8.60. The lowest BCUT2D eigenvalue weighted by atomic mass is 10.1. The highest BCUT2D eigenvalue weighted by molar-refractivity contribution is 6.31. The van der Waals surface area contributed by atoms with Crippen LogP contribution in [0.2, 0.25) is 5.02 Å². The van der Waals surface area contributed by atoms with E-state index < -0.39 is 5.97 Å². The standard InChI is InChI=1S/C13H16ClNO3/c1-3-6-15(7-8-18-2)12-9-10(14)4-5-11(12)13(16)17/h3-5,9H,1,6-8H2,2H3,(H,16,17). The number of carboxylic acid groups (broad SMARTS) is 1. The Labute approximate surface area is 111 Å². The minimum absolute atomic E-state index is 0.220. The molecule has 0 aromatic heterocycles. The molecule has 0 saturated heterocycles. The van der Waals surface area contributed by atoms with Crippen molar-refractivity contribution in [3.8, 4) is 0 Å². The van der Waals surface area contributed by atoms with Gasteiger partial charge in [0.15, 0.2) is 0 Å². The molecule has 0 unspecified atom stereocenters. The first-order valence-electron chi connectivity index (χ1n) is 5.47. The van der Waals surface area contributed by atoms with Gasteiger partial charge in [0.25, 0.3) is 0 Å². The van der Waals surface area contributed by atoms with Crippen LogP contribution in [-0.4, -0.2) is 37.9 Å². The number of anilines is 1. The fraction of sp³-hybridized carbons (Fsp3) is 0.308. The first kappa shape index (κ1) is 14.5. The first-order valence-corrected chi connectivity index (χ1v) is 5.85. The zero-order chi connectivity index (χ0) is 13.5. The van der Waals surface area contributed by atoms with Gasteiger partial charge in [-0.15, -0.1) is 6.58 Å². The van der Waals surface area contributed by atoms with Crippen molar-refractivity contribution < 1.29 is 14.6 Å². The van der Waals surface area contributed by atoms with Crippen molar-refractivity contribution in [3.63, 3.8) is 0 Å². The topological polar surface area (TPSA) is 49.8 Å². The number of halogens is 1. The van der Waals surface area contributed by atoms with E-state index in [1.807, 2.05) is 4.90 Å². The molecule has 0 aliphatic heterocycles. The molecule has 98 valence electrons. The fourth-order valence-electron chi connectivity index (χ4n) is 1.61. The summed E-state index contributed by atoms with van der Waals surface area (Å²) in [6.07, 6.45) is 1.71. The highest BCUT2D eigenvalue weighted by Gasteiger charge is 2.15. The van der Waals surface area contributed by atoms with Crippen molar-refractivity contribution in [3.05, 3.63) is 41.4 Å². The molecule has 0 aliphatic carbocycles. The van der Waals surface area contributed by atoms with Gasteiger partial charge in [-0.25, -0.2) is 4.79 Å². The summed E-state index contributed by atoms with van der Waals surface area (Å²) in [5, 5.41) is 9.67. The van der Waals surface area contributed by atoms with E-state index in [2.05, 4.69) is 6.58 Å². The van der Waals surface area contributed by atoms with Crippen LogP contribution in [0.1, 0.15) is 10.4 Å². The number of aromatic carboxylic acids is 1. The average Bonchev–Trinajstić information content (AvgIpc) is 2.34. The third-order valence-corrected chi connectivity index (χ3v) is 2.68. The van der Waals surface area contributed by atoms with Crippen LogP contribution in [0.4, 0.5) is 5.69 Å². The molecule has 0 amide bonds. The molecule has 1 rings (SSSR count). The zero-order valence-electron chi connectivity index (χ0n) is 10.2. The number of methoxy groups -OCH3 is 1. The molecule has 4 nitrogen and oxygen atoms in total. The van der Waals surface area contributed by atoms with Crippen molar-refractivity contribution in [2.75, 3.05) is 31.7 Å². The van der Waals surface area contributed by atoms with Crippen LogP contribution in [-0.2, 0) is 4.74 Å². The largest absolute Gasteiger partial charge is 0.478 e. The zero-order valence-corrected chi connectivity index (χ0v) is 11.0. The Balaban J connectivity index is 3.11. The van der Waals surface area contributed by atoms with E-state index in [0.717, 1.165) is 0 Å². The van der Waals surface area contributed by atoms with E-state index in [1.165, 1.54) is 6.07 Å². The predicted octanol–water partition coefficient (Wildman–Crippen LogP) is 2.68. The van der Waals surface area contributed by atoms with E-state index in [4.69, 9.17) is 16.3 Å². The molecule has 1 N–H and O–H groups in total. The molecule has 0 aliphatic rings. The molecule has 18 heavy (non-hydrogen) atoms. The minimum Gasteiger partial charge on any atom is -0.478 e. The number of carboxylic acids is 1. The number of rotatable bonds is 7. The number of hydrogen-bond donors (Lipinski definition) is 1. The van der Waals surface area contributed by atoms with Gasteiger partial charge in [-0.2, -0.15) is 0 Å². The van der Waals surface area contributed by atoms with Gasteiger partial charge < -0.3 is 14.7 Å². The predicted molar refractivity (Wildman–Crippen MR) is 72.7 cm³/mol. The molecular formula is C13H16ClNO3. The minimum atomic E-state index is -0.979. The van der Waals surface area contributed by atoms with Crippen molar-refractivity contribution in [2.45, 2.75) is 0 Å². The van der Waals surface area contributed by atoms with Gasteiger partial charge in [-0.3, -0.25) is 0 Å². The van der Waals surface area contributed by atoms with Crippen molar-refractivity contribution in [2.24, 2.45) is 0 Å². The lowest BCUT2D eigenvalue weighted by Crippen LogP contribution is -2.28. The lowest BCUT2D eigenvalue weighted by molar-refractivity contribution is 0.0697. The quantitative estimate of drug-likeness (QED) is 0.773. The maximum absolute atomic E-state index is 11.2. The molecule has 1 aromatic carbocycles. The summed E-state index contributed by atoms with van der Waals surface area (Å²) >= 11 is 5.92. The smallest absolute Gasteiger partial charge is 0.337 e. The molecule has 0 saturated carbocycles. The Morgan fingerprint density at radius 2 is 2.33 bits per heavy atom. The van der Waals surface area contributed by atoms with Crippen molar-refractivity contribution in [1.82, 2.24) is 0 Å². The van der Waals surface area contributed by atoms with Gasteiger partial charge in [0, 0.05) is 25.2 Å². The van der Waals surface area contributed by atoms with Gasteiger partial charge in [0.2, 0.25) is 0 Å². The van der Waals surface area contributed by atoms with Gasteiger partial charge in [-0.1, -0.05) is 17.7 Å². The molecule has 0 fully saturated rings. The summed E-state index contributed by atoms with van der Waals surface area (Å²) < 4.78 is 5.01. The normalized spacial score (nSPS) is 10.1. The molecule has 5 heteroatoms. The van der Waals surface area contributed by atoms with Crippen LogP contribution in [0.5, 0.6) is 0 Å². The number of ether oxygens (including phenoxy) is 1. The van der Waals surface area contributed by atoms with Crippen LogP contribution in [0, 0.1) is 0 Å². The summed E-state index contributed by atoms with van der Waals surface area (Å²) in [4.78, 5) is 13.1. The average molecular weight is 270 g/mol. The second-order valence-corrected chi connectivity index (χ2v) is 4.13. The van der Waals surface area contributed by atoms with Crippen LogP contribution < -0.4 is 4.90 Å². The number of hydrogen-bond acceptors (Lipinski definition) is 3. The second kappa shape index (κ2) is 7.03. The monoisotopic (exact) mass is 269 g/mol. The van der Waals surface area contributed by atoms with Gasteiger partial charge >= 0.3 is 5.97 Å². The second-order valence-electron chi connectivity index (χ2n) is 3.69. The number of nitrogens with zero attached hydrogens (tertiary/aromatic N) is 1. The molecule has 0 heterocycles. The molecular weight excluding hydrogens is 254 g/mol. The van der Waals surface area contributed by atoms with E-state index in [-0.39, 0.29) is 5.56 Å². The van der Waals surface area contributed by atoms with Crippen LogP contribution in [0.15, 0.2) is 30.9 Å². The van der Waals surface area contributed by atoms with Crippen molar-refractivity contribution in [1.29, 1.82) is 0 Å². The van der Waals surface area contributed by atoms with Crippen molar-refractivity contribution >= 4 is 23.3 Å². The van der Waals surface area contributed by atoms with E-state index in [1.54, 1.807) is 25.3 Å². The Hall–Kier alpha value is -1.52. The van der Waals surface area contributed by atoms with Crippen LogP contribution in [0.3, 0.4) is 0 Å². The van der Waals surface area contributed by atoms with Gasteiger partial charge in [-0.05, 0) is 18.2 Å².